The number of hydrogen-bond acceptors (Lipinski definition) is 6. The highest BCUT2D eigenvalue weighted by atomic mass is 32.2. The van der Waals surface area contributed by atoms with E-state index in [1.165, 1.54) is 31.3 Å². The minimum atomic E-state index is -3.63. The molecule has 1 aromatic heterocycles. The van der Waals surface area contributed by atoms with Gasteiger partial charge in [0.05, 0.1) is 19.4 Å². The van der Waals surface area contributed by atoms with Crippen molar-refractivity contribution in [2.75, 3.05) is 14.2 Å². The summed E-state index contributed by atoms with van der Waals surface area (Å²) in [5.41, 5.74) is 1.19. The van der Waals surface area contributed by atoms with E-state index in [0.29, 0.717) is 22.7 Å². The lowest BCUT2D eigenvalue weighted by molar-refractivity contribution is 0.336. The van der Waals surface area contributed by atoms with Gasteiger partial charge in [0.15, 0.2) is 0 Å². The van der Waals surface area contributed by atoms with Crippen LogP contribution in [0.5, 0.6) is 5.75 Å². The van der Waals surface area contributed by atoms with Gasteiger partial charge < -0.3 is 9.26 Å². The van der Waals surface area contributed by atoms with Crippen LogP contribution in [-0.2, 0) is 22.3 Å². The van der Waals surface area contributed by atoms with Crippen LogP contribution in [0.25, 0.3) is 11.4 Å². The minimum Gasteiger partial charge on any atom is -0.497 e. The van der Waals surface area contributed by atoms with Crippen molar-refractivity contribution in [2.24, 2.45) is 0 Å². The highest BCUT2D eigenvalue weighted by Gasteiger charge is 2.21. The first kappa shape index (κ1) is 19.0. The first-order chi connectivity index (χ1) is 12.9. The van der Waals surface area contributed by atoms with Crippen molar-refractivity contribution < 1.29 is 22.1 Å². The Labute approximate surface area is 156 Å². The van der Waals surface area contributed by atoms with E-state index in [1.54, 1.807) is 31.4 Å². The molecule has 1 heterocycles. The molecule has 0 unspecified atom stereocenters. The van der Waals surface area contributed by atoms with Crippen molar-refractivity contribution >= 4 is 10.0 Å². The van der Waals surface area contributed by atoms with E-state index < -0.39 is 15.8 Å². The fourth-order valence-corrected chi connectivity index (χ4v) is 3.53. The van der Waals surface area contributed by atoms with E-state index in [-0.39, 0.29) is 18.2 Å². The van der Waals surface area contributed by atoms with Crippen LogP contribution < -0.4 is 4.74 Å². The van der Waals surface area contributed by atoms with E-state index in [0.717, 1.165) is 4.31 Å². The van der Waals surface area contributed by atoms with E-state index in [2.05, 4.69) is 10.1 Å². The van der Waals surface area contributed by atoms with E-state index >= 15 is 0 Å². The Morgan fingerprint density at radius 2 is 1.93 bits per heavy atom. The maximum Gasteiger partial charge on any atom is 0.242 e. The molecule has 0 saturated carbocycles. The third-order valence-electron chi connectivity index (χ3n) is 3.89. The van der Waals surface area contributed by atoms with Crippen molar-refractivity contribution in [3.8, 4) is 17.1 Å². The summed E-state index contributed by atoms with van der Waals surface area (Å²) in [6.45, 7) is -0.0690. The third kappa shape index (κ3) is 4.69. The molecule has 27 heavy (non-hydrogen) atoms. The zero-order valence-electron chi connectivity index (χ0n) is 14.8. The molecule has 0 atom stereocenters. The van der Waals surface area contributed by atoms with Crippen LogP contribution in [0.4, 0.5) is 4.39 Å². The fraction of sp³-hybridized carbons (Fsp3) is 0.222. The van der Waals surface area contributed by atoms with E-state index in [4.69, 9.17) is 9.26 Å². The Morgan fingerprint density at radius 3 is 2.63 bits per heavy atom. The summed E-state index contributed by atoms with van der Waals surface area (Å²) in [6.07, 6.45) is 0. The third-order valence-corrected chi connectivity index (χ3v) is 5.67. The molecule has 0 saturated heterocycles. The predicted octanol–water partition coefficient (Wildman–Crippen LogP) is 2.85. The number of methoxy groups -OCH3 is 1. The summed E-state index contributed by atoms with van der Waals surface area (Å²) in [5, 5.41) is 3.89. The molecule has 0 radical (unpaired) electrons. The Balaban J connectivity index is 1.71. The van der Waals surface area contributed by atoms with Gasteiger partial charge in [-0.15, -0.1) is 0 Å². The number of aromatic nitrogens is 2. The second-order valence-electron chi connectivity index (χ2n) is 5.88. The number of sulfonamides is 1. The lowest BCUT2D eigenvalue weighted by Crippen LogP contribution is -2.27. The lowest BCUT2D eigenvalue weighted by atomic mass is 10.2. The largest absolute Gasteiger partial charge is 0.497 e. The van der Waals surface area contributed by atoms with E-state index in [9.17, 15) is 12.8 Å². The molecule has 2 aromatic carbocycles. The molecule has 9 heteroatoms. The molecule has 0 bridgehead atoms. The molecule has 3 rings (SSSR count). The molecule has 0 aliphatic rings. The van der Waals surface area contributed by atoms with Crippen LogP contribution in [0, 0.1) is 5.82 Å². The number of benzene rings is 2. The summed E-state index contributed by atoms with van der Waals surface area (Å²) in [4.78, 5) is 4.24. The predicted molar refractivity (Wildman–Crippen MR) is 96.8 cm³/mol. The SMILES string of the molecule is COc1cccc(-c2noc(CN(C)S(=O)(=O)Cc3ccc(F)cc3)n2)c1. The number of halogens is 1. The van der Waals surface area contributed by atoms with Crippen molar-refractivity contribution in [2.45, 2.75) is 12.3 Å². The van der Waals surface area contributed by atoms with Crippen molar-refractivity contribution in [1.29, 1.82) is 0 Å². The fourth-order valence-electron chi connectivity index (χ4n) is 2.39. The lowest BCUT2D eigenvalue weighted by Gasteiger charge is -2.15. The molecule has 142 valence electrons. The van der Waals surface area contributed by atoms with Gasteiger partial charge in [0, 0.05) is 12.6 Å². The molecular formula is C18H18FN3O4S. The Hall–Kier alpha value is -2.78. The summed E-state index contributed by atoms with van der Waals surface area (Å²) in [5.74, 6) is 0.491. The summed E-state index contributed by atoms with van der Waals surface area (Å²) in [6, 6.07) is 12.5. The smallest absolute Gasteiger partial charge is 0.242 e. The van der Waals surface area contributed by atoms with Crippen LogP contribution in [0.2, 0.25) is 0 Å². The van der Waals surface area contributed by atoms with Gasteiger partial charge in [-0.2, -0.15) is 9.29 Å². The summed E-state index contributed by atoms with van der Waals surface area (Å²) < 4.78 is 49.4. The maximum absolute atomic E-state index is 13.0. The van der Waals surface area contributed by atoms with Gasteiger partial charge >= 0.3 is 0 Å². The van der Waals surface area contributed by atoms with Crippen LogP contribution in [0.1, 0.15) is 11.5 Å². The Bertz CT molecular complexity index is 1020. The molecule has 0 aliphatic carbocycles. The average molecular weight is 391 g/mol. The Morgan fingerprint density at radius 1 is 1.19 bits per heavy atom. The number of ether oxygens (including phenoxy) is 1. The first-order valence-corrected chi connectivity index (χ1v) is 9.64. The monoisotopic (exact) mass is 391 g/mol. The maximum atomic E-state index is 13.0. The first-order valence-electron chi connectivity index (χ1n) is 8.03. The van der Waals surface area contributed by atoms with Gasteiger partial charge in [0.1, 0.15) is 11.6 Å². The van der Waals surface area contributed by atoms with Gasteiger partial charge in [-0.25, -0.2) is 12.8 Å². The Kier molecular flexibility index (Phi) is 5.52. The van der Waals surface area contributed by atoms with Gasteiger partial charge in [-0.3, -0.25) is 0 Å². The molecule has 0 N–H and O–H groups in total. The molecule has 0 amide bonds. The topological polar surface area (TPSA) is 85.5 Å². The van der Waals surface area contributed by atoms with E-state index in [1.807, 2.05) is 0 Å². The minimum absolute atomic E-state index is 0.0690. The molecule has 0 spiro atoms. The van der Waals surface area contributed by atoms with Gasteiger partial charge in [0.2, 0.25) is 21.7 Å². The van der Waals surface area contributed by atoms with Crippen LogP contribution in [-0.4, -0.2) is 37.0 Å². The van der Waals surface area contributed by atoms with Crippen LogP contribution >= 0.6 is 0 Å². The summed E-state index contributed by atoms with van der Waals surface area (Å²) in [7, 11) is -0.645. The van der Waals surface area contributed by atoms with Gasteiger partial charge in [-0.05, 0) is 29.8 Å². The van der Waals surface area contributed by atoms with Crippen LogP contribution in [0.3, 0.4) is 0 Å². The molecular weight excluding hydrogens is 373 g/mol. The zero-order valence-corrected chi connectivity index (χ0v) is 15.6. The summed E-state index contributed by atoms with van der Waals surface area (Å²) >= 11 is 0. The molecule has 0 aliphatic heterocycles. The zero-order chi connectivity index (χ0) is 19.4. The number of nitrogens with zero attached hydrogens (tertiary/aromatic N) is 3. The molecule has 3 aromatic rings. The number of rotatable bonds is 7. The average Bonchev–Trinajstić information content (AvgIpc) is 3.12. The molecule has 7 nitrogen and oxygen atoms in total. The molecule has 0 fully saturated rings. The quantitative estimate of drug-likeness (QED) is 0.616. The van der Waals surface area contributed by atoms with Crippen molar-refractivity contribution in [3.05, 3.63) is 65.8 Å². The highest BCUT2D eigenvalue weighted by Crippen LogP contribution is 2.22. The highest BCUT2D eigenvalue weighted by molar-refractivity contribution is 7.88. The van der Waals surface area contributed by atoms with Crippen LogP contribution in [0.15, 0.2) is 53.1 Å². The van der Waals surface area contributed by atoms with Crippen molar-refractivity contribution in [1.82, 2.24) is 14.4 Å². The van der Waals surface area contributed by atoms with Gasteiger partial charge in [-0.1, -0.05) is 29.4 Å². The van der Waals surface area contributed by atoms with Gasteiger partial charge in [0.25, 0.3) is 0 Å². The van der Waals surface area contributed by atoms with Crippen molar-refractivity contribution in [3.63, 3.8) is 0 Å². The standard InChI is InChI=1S/C18H18FN3O4S/c1-22(27(23,24)12-13-6-8-15(19)9-7-13)11-17-20-18(21-26-17)14-4-3-5-16(10-14)25-2/h3-10H,11-12H2,1-2H3. The number of hydrogen-bond donors (Lipinski definition) is 0. The second kappa shape index (κ2) is 7.85. The normalized spacial score (nSPS) is 11.7. The second-order valence-corrected chi connectivity index (χ2v) is 7.96.